The van der Waals surface area contributed by atoms with Crippen LogP contribution in [-0.2, 0) is 4.74 Å². The van der Waals surface area contributed by atoms with E-state index >= 15 is 0 Å². The van der Waals surface area contributed by atoms with Crippen molar-refractivity contribution in [2.24, 2.45) is 5.92 Å². The fourth-order valence-electron chi connectivity index (χ4n) is 3.43. The molecule has 1 aromatic carbocycles. The minimum absolute atomic E-state index is 0.314. The molecule has 0 aromatic heterocycles. The van der Waals surface area contributed by atoms with Gasteiger partial charge in [-0.3, -0.25) is 0 Å². The van der Waals surface area contributed by atoms with Gasteiger partial charge in [0, 0.05) is 25.1 Å². The molecular weight excluding hydrogens is 246 g/mol. The van der Waals surface area contributed by atoms with Crippen LogP contribution in [-0.4, -0.2) is 19.2 Å². The van der Waals surface area contributed by atoms with Crippen LogP contribution < -0.4 is 5.32 Å². The van der Waals surface area contributed by atoms with Crippen LogP contribution in [0, 0.1) is 5.92 Å². The standard InChI is InChI=1S/C18H25NO/c1-3-14(13-6-7-13)11-15(4-1)18-16(5-2-10-20-18)12-19-17-8-9-17/h1,3-4,11,13,16-19H,2,5-10,12H2. The Labute approximate surface area is 121 Å². The second-order valence-electron chi connectivity index (χ2n) is 6.82. The van der Waals surface area contributed by atoms with Crippen LogP contribution in [0.3, 0.4) is 0 Å². The molecule has 0 amide bonds. The quantitative estimate of drug-likeness (QED) is 0.880. The topological polar surface area (TPSA) is 21.3 Å². The SMILES string of the molecule is c1cc(C2CC2)cc(C2OCCCC2CNC2CC2)c1. The number of nitrogens with one attached hydrogen (secondary N) is 1. The van der Waals surface area contributed by atoms with Gasteiger partial charge in [-0.2, -0.15) is 0 Å². The van der Waals surface area contributed by atoms with Crippen molar-refractivity contribution in [2.45, 2.75) is 56.6 Å². The molecule has 0 radical (unpaired) electrons. The lowest BCUT2D eigenvalue weighted by molar-refractivity contribution is -0.0279. The highest BCUT2D eigenvalue weighted by molar-refractivity contribution is 5.31. The maximum absolute atomic E-state index is 6.14. The van der Waals surface area contributed by atoms with Crippen LogP contribution in [0.25, 0.3) is 0 Å². The van der Waals surface area contributed by atoms with Gasteiger partial charge in [0.05, 0.1) is 6.10 Å². The molecule has 1 aliphatic heterocycles. The third-order valence-corrected chi connectivity index (χ3v) is 4.98. The van der Waals surface area contributed by atoms with Crippen molar-refractivity contribution in [2.75, 3.05) is 13.2 Å². The van der Waals surface area contributed by atoms with E-state index in [2.05, 4.69) is 29.6 Å². The molecule has 4 rings (SSSR count). The minimum Gasteiger partial charge on any atom is -0.373 e. The number of ether oxygens (including phenoxy) is 1. The second-order valence-corrected chi connectivity index (χ2v) is 6.82. The van der Waals surface area contributed by atoms with E-state index in [1.54, 1.807) is 0 Å². The summed E-state index contributed by atoms with van der Waals surface area (Å²) in [5, 5.41) is 3.70. The Hall–Kier alpha value is -0.860. The molecule has 0 spiro atoms. The Morgan fingerprint density at radius 1 is 1.05 bits per heavy atom. The molecule has 20 heavy (non-hydrogen) atoms. The molecule has 2 unspecified atom stereocenters. The summed E-state index contributed by atoms with van der Waals surface area (Å²) in [5.41, 5.74) is 2.95. The molecule has 1 heterocycles. The highest BCUT2D eigenvalue weighted by atomic mass is 16.5. The van der Waals surface area contributed by atoms with E-state index < -0.39 is 0 Å². The average Bonchev–Trinajstić information content (AvgIpc) is 3.40. The summed E-state index contributed by atoms with van der Waals surface area (Å²) in [7, 11) is 0. The molecule has 2 saturated carbocycles. The molecule has 2 heteroatoms. The molecule has 2 nitrogen and oxygen atoms in total. The largest absolute Gasteiger partial charge is 0.373 e. The van der Waals surface area contributed by atoms with E-state index in [1.807, 2.05) is 0 Å². The molecule has 108 valence electrons. The predicted molar refractivity (Wildman–Crippen MR) is 80.9 cm³/mol. The zero-order valence-corrected chi connectivity index (χ0v) is 12.2. The van der Waals surface area contributed by atoms with Crippen molar-refractivity contribution in [3.8, 4) is 0 Å². The Morgan fingerprint density at radius 3 is 2.70 bits per heavy atom. The third-order valence-electron chi connectivity index (χ3n) is 4.98. The lowest BCUT2D eigenvalue weighted by Crippen LogP contribution is -2.32. The van der Waals surface area contributed by atoms with Gasteiger partial charge in [-0.25, -0.2) is 0 Å². The van der Waals surface area contributed by atoms with Crippen molar-refractivity contribution in [1.82, 2.24) is 5.32 Å². The van der Waals surface area contributed by atoms with Crippen molar-refractivity contribution < 1.29 is 4.74 Å². The number of rotatable bonds is 5. The molecule has 3 fully saturated rings. The molecule has 1 aromatic rings. The van der Waals surface area contributed by atoms with Gasteiger partial charge in [-0.15, -0.1) is 0 Å². The summed E-state index contributed by atoms with van der Waals surface area (Å²) >= 11 is 0. The van der Waals surface area contributed by atoms with Gasteiger partial charge in [0.15, 0.2) is 0 Å². The Balaban J connectivity index is 1.49. The van der Waals surface area contributed by atoms with E-state index in [0.717, 1.165) is 25.1 Å². The summed E-state index contributed by atoms with van der Waals surface area (Å²) < 4.78 is 6.14. The molecule has 3 aliphatic rings. The summed E-state index contributed by atoms with van der Waals surface area (Å²) in [5.74, 6) is 1.49. The van der Waals surface area contributed by atoms with Crippen molar-refractivity contribution in [3.05, 3.63) is 35.4 Å². The first-order valence-electron chi connectivity index (χ1n) is 8.35. The van der Waals surface area contributed by atoms with Gasteiger partial charge in [-0.05, 0) is 55.6 Å². The summed E-state index contributed by atoms with van der Waals surface area (Å²) in [6.45, 7) is 2.06. The van der Waals surface area contributed by atoms with Gasteiger partial charge in [0.1, 0.15) is 0 Å². The van der Waals surface area contributed by atoms with Crippen LogP contribution in [0.5, 0.6) is 0 Å². The molecular formula is C18H25NO. The fraction of sp³-hybridized carbons (Fsp3) is 0.667. The van der Waals surface area contributed by atoms with Gasteiger partial charge >= 0.3 is 0 Å². The van der Waals surface area contributed by atoms with Crippen molar-refractivity contribution >= 4 is 0 Å². The van der Waals surface area contributed by atoms with Crippen LogP contribution in [0.15, 0.2) is 24.3 Å². The van der Waals surface area contributed by atoms with Crippen LogP contribution in [0.2, 0.25) is 0 Å². The Morgan fingerprint density at radius 2 is 1.90 bits per heavy atom. The first-order chi connectivity index (χ1) is 9.90. The fourth-order valence-corrected chi connectivity index (χ4v) is 3.43. The van der Waals surface area contributed by atoms with E-state index in [9.17, 15) is 0 Å². The van der Waals surface area contributed by atoms with Gasteiger partial charge < -0.3 is 10.1 Å². The second kappa shape index (κ2) is 5.50. The third kappa shape index (κ3) is 2.91. The average molecular weight is 271 g/mol. The van der Waals surface area contributed by atoms with E-state index in [1.165, 1.54) is 49.7 Å². The normalized spacial score (nSPS) is 30.4. The lowest BCUT2D eigenvalue weighted by Gasteiger charge is -2.32. The maximum Gasteiger partial charge on any atom is 0.0865 e. The predicted octanol–water partition coefficient (Wildman–Crippen LogP) is 3.78. The maximum atomic E-state index is 6.14. The summed E-state index contributed by atoms with van der Waals surface area (Å²) in [6.07, 6.45) is 8.33. The number of benzene rings is 1. The van der Waals surface area contributed by atoms with E-state index in [4.69, 9.17) is 4.74 Å². The van der Waals surface area contributed by atoms with Gasteiger partial charge in [0.2, 0.25) is 0 Å². The molecule has 1 N–H and O–H groups in total. The Kier molecular flexibility index (Phi) is 3.53. The zero-order chi connectivity index (χ0) is 13.4. The summed E-state index contributed by atoms with van der Waals surface area (Å²) in [4.78, 5) is 0. The summed E-state index contributed by atoms with van der Waals surface area (Å²) in [6, 6.07) is 10.0. The van der Waals surface area contributed by atoms with Crippen LogP contribution in [0.4, 0.5) is 0 Å². The zero-order valence-electron chi connectivity index (χ0n) is 12.2. The van der Waals surface area contributed by atoms with Gasteiger partial charge in [0.25, 0.3) is 0 Å². The van der Waals surface area contributed by atoms with E-state index in [0.29, 0.717) is 12.0 Å². The monoisotopic (exact) mass is 271 g/mol. The molecule has 2 aliphatic carbocycles. The first-order valence-corrected chi connectivity index (χ1v) is 8.35. The van der Waals surface area contributed by atoms with E-state index in [-0.39, 0.29) is 0 Å². The number of hydrogen-bond donors (Lipinski definition) is 1. The highest BCUT2D eigenvalue weighted by Crippen LogP contribution is 2.42. The Bertz CT molecular complexity index is 464. The first kappa shape index (κ1) is 12.8. The smallest absolute Gasteiger partial charge is 0.0865 e. The van der Waals surface area contributed by atoms with Gasteiger partial charge in [-0.1, -0.05) is 24.3 Å². The van der Waals surface area contributed by atoms with Crippen LogP contribution >= 0.6 is 0 Å². The lowest BCUT2D eigenvalue weighted by atomic mass is 9.88. The molecule has 2 atom stereocenters. The number of hydrogen-bond acceptors (Lipinski definition) is 2. The highest BCUT2D eigenvalue weighted by Gasteiger charge is 2.31. The van der Waals surface area contributed by atoms with Crippen molar-refractivity contribution in [3.63, 3.8) is 0 Å². The molecule has 1 saturated heterocycles. The molecule has 0 bridgehead atoms. The van der Waals surface area contributed by atoms with Crippen LogP contribution in [0.1, 0.15) is 61.7 Å². The minimum atomic E-state index is 0.314. The van der Waals surface area contributed by atoms with Crippen molar-refractivity contribution in [1.29, 1.82) is 0 Å².